The Hall–Kier alpha value is -3.56. The van der Waals surface area contributed by atoms with Gasteiger partial charge in [-0.2, -0.15) is 0 Å². The van der Waals surface area contributed by atoms with Crippen molar-refractivity contribution >= 4 is 33.5 Å². The Kier molecular flexibility index (Phi) is 5.79. The largest absolute Gasteiger partial charge is 0.454 e. The normalized spacial score (nSPS) is 12.4. The van der Waals surface area contributed by atoms with Crippen molar-refractivity contribution in [3.63, 3.8) is 0 Å². The number of nitrogen functional groups attached to an aromatic ring is 1. The minimum atomic E-state index is 0.226. The third kappa shape index (κ3) is 4.44. The molecular formula is C26H20BrN5O2S. The Balaban J connectivity index is 1.22. The van der Waals surface area contributed by atoms with E-state index in [0.717, 1.165) is 27.4 Å². The second-order valence-corrected chi connectivity index (χ2v) is 9.92. The number of aryl methyl sites for hydroxylation is 2. The minimum Gasteiger partial charge on any atom is -0.454 e. The summed E-state index contributed by atoms with van der Waals surface area (Å²) >= 11 is 5.03. The van der Waals surface area contributed by atoms with Crippen molar-refractivity contribution in [1.29, 1.82) is 0 Å². The van der Waals surface area contributed by atoms with Gasteiger partial charge in [-0.3, -0.25) is 0 Å². The second kappa shape index (κ2) is 9.24. The van der Waals surface area contributed by atoms with Gasteiger partial charge in [-0.25, -0.2) is 15.0 Å². The highest BCUT2D eigenvalue weighted by Gasteiger charge is 2.22. The SMILES string of the molecule is Nc1ncn(CCc2ccc(-c3ccccc3)cc2)c2nc(Sc3cc4c(cc3Br)OCO4)nc1-2. The first-order chi connectivity index (χ1) is 17.1. The van der Waals surface area contributed by atoms with Gasteiger partial charge in [-0.15, -0.1) is 0 Å². The van der Waals surface area contributed by atoms with Gasteiger partial charge in [0.2, 0.25) is 6.79 Å². The van der Waals surface area contributed by atoms with Crippen molar-refractivity contribution in [3.05, 3.63) is 83.1 Å². The number of rotatable bonds is 6. The van der Waals surface area contributed by atoms with Gasteiger partial charge in [0.15, 0.2) is 34.0 Å². The van der Waals surface area contributed by atoms with Crippen molar-refractivity contribution in [1.82, 2.24) is 19.5 Å². The third-order valence-corrected chi connectivity index (χ3v) is 7.64. The van der Waals surface area contributed by atoms with Gasteiger partial charge in [0.1, 0.15) is 0 Å². The molecule has 0 atom stereocenters. The van der Waals surface area contributed by atoms with Gasteiger partial charge in [-0.05, 0) is 62.9 Å². The number of nitrogens with zero attached hydrogens (tertiary/aromatic N) is 4. The first-order valence-corrected chi connectivity index (χ1v) is 12.6. The van der Waals surface area contributed by atoms with Crippen LogP contribution in [0.15, 0.2) is 87.6 Å². The van der Waals surface area contributed by atoms with Gasteiger partial charge in [-0.1, -0.05) is 54.6 Å². The van der Waals surface area contributed by atoms with E-state index in [2.05, 4.69) is 74.4 Å². The van der Waals surface area contributed by atoms with Crippen molar-refractivity contribution in [2.24, 2.45) is 0 Å². The third-order valence-electron chi connectivity index (χ3n) is 5.80. The predicted molar refractivity (Wildman–Crippen MR) is 139 cm³/mol. The molecule has 2 N–H and O–H groups in total. The van der Waals surface area contributed by atoms with Crippen LogP contribution in [0, 0.1) is 0 Å². The Morgan fingerprint density at radius 2 is 1.69 bits per heavy atom. The van der Waals surface area contributed by atoms with Gasteiger partial charge >= 0.3 is 0 Å². The van der Waals surface area contributed by atoms with Crippen LogP contribution in [0.2, 0.25) is 0 Å². The van der Waals surface area contributed by atoms with Crippen LogP contribution in [0.3, 0.4) is 0 Å². The number of hydrogen-bond acceptors (Lipinski definition) is 7. The van der Waals surface area contributed by atoms with Crippen LogP contribution < -0.4 is 15.2 Å². The maximum atomic E-state index is 6.13. The number of fused-ring (bicyclic) bond motifs is 2. The highest BCUT2D eigenvalue weighted by atomic mass is 79.9. The molecule has 0 aromatic heterocycles. The fraction of sp³-hybridized carbons (Fsp3) is 0.115. The lowest BCUT2D eigenvalue weighted by atomic mass is 10.0. The van der Waals surface area contributed by atoms with Crippen LogP contribution in [0.25, 0.3) is 22.6 Å². The van der Waals surface area contributed by atoms with Crippen molar-refractivity contribution in [2.45, 2.75) is 23.0 Å². The number of imidazole rings is 1. The zero-order valence-electron chi connectivity index (χ0n) is 18.5. The second-order valence-electron chi connectivity index (χ2n) is 8.05. The first kappa shape index (κ1) is 21.9. The molecule has 0 unspecified atom stereocenters. The van der Waals surface area contributed by atoms with E-state index < -0.39 is 0 Å². The lowest BCUT2D eigenvalue weighted by Gasteiger charge is -2.11. The van der Waals surface area contributed by atoms with Gasteiger partial charge in [0, 0.05) is 15.9 Å². The fourth-order valence-corrected chi connectivity index (χ4v) is 5.32. The van der Waals surface area contributed by atoms with E-state index in [-0.39, 0.29) is 6.79 Å². The molecule has 35 heavy (non-hydrogen) atoms. The molecule has 0 amide bonds. The molecule has 9 heteroatoms. The average Bonchev–Trinajstić information content (AvgIpc) is 3.52. The number of aromatic nitrogens is 4. The Morgan fingerprint density at radius 1 is 0.943 bits per heavy atom. The zero-order chi connectivity index (χ0) is 23.8. The Morgan fingerprint density at radius 3 is 2.49 bits per heavy atom. The molecule has 6 rings (SSSR count). The van der Waals surface area contributed by atoms with E-state index in [1.54, 1.807) is 6.33 Å². The number of anilines is 1. The van der Waals surface area contributed by atoms with E-state index in [0.29, 0.717) is 29.0 Å². The summed E-state index contributed by atoms with van der Waals surface area (Å²) in [6.07, 6.45) is 2.57. The molecule has 3 aliphatic heterocycles. The van der Waals surface area contributed by atoms with Crippen LogP contribution in [-0.2, 0) is 13.0 Å². The number of ether oxygens (including phenoxy) is 2. The monoisotopic (exact) mass is 545 g/mol. The van der Waals surface area contributed by atoms with Crippen LogP contribution in [0.1, 0.15) is 5.56 Å². The topological polar surface area (TPSA) is 88.1 Å². The summed E-state index contributed by atoms with van der Waals surface area (Å²) in [6.45, 7) is 0.939. The van der Waals surface area contributed by atoms with Crippen LogP contribution in [0.4, 0.5) is 5.82 Å². The van der Waals surface area contributed by atoms with Gasteiger partial charge in [0.05, 0.1) is 6.33 Å². The molecule has 7 nitrogen and oxygen atoms in total. The number of nitrogens with two attached hydrogens (primary N) is 1. The fourth-order valence-electron chi connectivity index (χ4n) is 3.96. The molecule has 3 aromatic carbocycles. The molecule has 0 fully saturated rings. The van der Waals surface area contributed by atoms with Crippen molar-refractivity contribution in [3.8, 4) is 34.1 Å². The average molecular weight is 546 g/mol. The summed E-state index contributed by atoms with van der Waals surface area (Å²) in [5.41, 5.74) is 10.4. The number of halogens is 1. The molecule has 0 aliphatic carbocycles. The molecule has 174 valence electrons. The zero-order valence-corrected chi connectivity index (χ0v) is 20.9. The van der Waals surface area contributed by atoms with Crippen molar-refractivity contribution in [2.75, 3.05) is 12.5 Å². The van der Waals surface area contributed by atoms with Crippen LogP contribution >= 0.6 is 27.7 Å². The van der Waals surface area contributed by atoms with E-state index in [9.17, 15) is 0 Å². The van der Waals surface area contributed by atoms with Gasteiger partial charge < -0.3 is 19.8 Å². The highest BCUT2D eigenvalue weighted by molar-refractivity contribution is 9.10. The predicted octanol–water partition coefficient (Wildman–Crippen LogP) is 5.91. The molecular weight excluding hydrogens is 526 g/mol. The smallest absolute Gasteiger partial charge is 0.231 e. The molecule has 0 spiro atoms. The summed E-state index contributed by atoms with van der Waals surface area (Å²) in [7, 11) is 0. The first-order valence-electron chi connectivity index (χ1n) is 11.0. The lowest BCUT2D eigenvalue weighted by Crippen LogP contribution is -2.09. The minimum absolute atomic E-state index is 0.226. The molecule has 3 aliphatic rings. The Bertz CT molecular complexity index is 1470. The van der Waals surface area contributed by atoms with Crippen LogP contribution in [-0.4, -0.2) is 26.3 Å². The maximum absolute atomic E-state index is 6.13. The Labute approximate surface area is 214 Å². The standard InChI is InChI=1S/C26H20BrN5O2S/c27-19-12-20-21(34-15-33-20)13-22(19)35-26-30-23-24(28)29-14-32(25(23)31-26)11-10-16-6-8-18(9-7-16)17-4-2-1-3-5-17/h1-9,12-14H,10-11,15,28H2. The lowest BCUT2D eigenvalue weighted by molar-refractivity contribution is 0.174. The molecule has 0 saturated heterocycles. The molecule has 0 saturated carbocycles. The summed E-state index contributed by atoms with van der Waals surface area (Å²) < 4.78 is 13.8. The number of hydrogen-bond donors (Lipinski definition) is 1. The van der Waals surface area contributed by atoms with Crippen molar-refractivity contribution < 1.29 is 9.47 Å². The summed E-state index contributed by atoms with van der Waals surface area (Å²) in [6, 6.07) is 22.8. The summed E-state index contributed by atoms with van der Waals surface area (Å²) in [4.78, 5) is 14.7. The molecule has 0 bridgehead atoms. The van der Waals surface area contributed by atoms with E-state index in [4.69, 9.17) is 20.2 Å². The van der Waals surface area contributed by atoms with Crippen LogP contribution in [0.5, 0.6) is 11.5 Å². The van der Waals surface area contributed by atoms with Gasteiger partial charge in [0.25, 0.3) is 0 Å². The highest BCUT2D eigenvalue weighted by Crippen LogP contribution is 2.43. The molecule has 0 radical (unpaired) electrons. The van der Waals surface area contributed by atoms with E-state index >= 15 is 0 Å². The quantitative estimate of drug-likeness (QED) is 0.283. The summed E-state index contributed by atoms with van der Waals surface area (Å²) in [5, 5.41) is 0.597. The molecule has 3 aromatic rings. The molecule has 3 heterocycles. The van der Waals surface area contributed by atoms with E-state index in [1.807, 2.05) is 22.8 Å². The van der Waals surface area contributed by atoms with E-state index in [1.165, 1.54) is 28.5 Å². The maximum Gasteiger partial charge on any atom is 0.231 e. The number of benzene rings is 3. The summed E-state index contributed by atoms with van der Waals surface area (Å²) in [5.74, 6) is 2.52.